The van der Waals surface area contributed by atoms with Crippen molar-refractivity contribution in [3.8, 4) is 17.6 Å². The molecule has 0 saturated heterocycles. The van der Waals surface area contributed by atoms with Gasteiger partial charge in [0.05, 0.1) is 7.11 Å². The summed E-state index contributed by atoms with van der Waals surface area (Å²) in [6.45, 7) is 0. The van der Waals surface area contributed by atoms with Crippen molar-refractivity contribution in [3.05, 3.63) is 76.3 Å². The molecule has 0 spiro atoms. The number of fused-ring (bicyclic) bond motifs is 1. The second-order valence-corrected chi connectivity index (χ2v) is 5.51. The van der Waals surface area contributed by atoms with Crippen LogP contribution in [0.5, 0.6) is 5.75 Å². The van der Waals surface area contributed by atoms with Crippen molar-refractivity contribution in [2.75, 3.05) is 7.11 Å². The molecule has 0 amide bonds. The van der Waals surface area contributed by atoms with Crippen LogP contribution in [-0.4, -0.2) is 7.11 Å². The normalized spacial score (nSPS) is 10.0. The van der Waals surface area contributed by atoms with Gasteiger partial charge in [0.1, 0.15) is 5.75 Å². The molecule has 0 aromatic heterocycles. The van der Waals surface area contributed by atoms with E-state index in [1.165, 1.54) is 0 Å². The second kappa shape index (κ2) is 6.03. The van der Waals surface area contributed by atoms with Gasteiger partial charge in [-0.2, -0.15) is 0 Å². The summed E-state index contributed by atoms with van der Waals surface area (Å²) >= 11 is 3.51. The lowest BCUT2D eigenvalue weighted by Crippen LogP contribution is -1.83. The van der Waals surface area contributed by atoms with Crippen molar-refractivity contribution in [2.45, 2.75) is 0 Å². The zero-order valence-corrected chi connectivity index (χ0v) is 13.1. The Kier molecular flexibility index (Phi) is 3.94. The standard InChI is InChI=1S/C19H13BrO/c1-21-18-11-10-16-12-14(7-9-17(16)13-18)6-8-15-4-2-3-5-19(15)20/h2-5,7,9-13H,1H3. The summed E-state index contributed by atoms with van der Waals surface area (Å²) in [6, 6.07) is 20.2. The van der Waals surface area contributed by atoms with E-state index in [0.29, 0.717) is 0 Å². The van der Waals surface area contributed by atoms with Gasteiger partial charge in [0.25, 0.3) is 0 Å². The summed E-state index contributed by atoms with van der Waals surface area (Å²) in [4.78, 5) is 0. The maximum atomic E-state index is 5.24. The van der Waals surface area contributed by atoms with E-state index in [4.69, 9.17) is 4.74 Å². The highest BCUT2D eigenvalue weighted by molar-refractivity contribution is 9.10. The third kappa shape index (κ3) is 3.09. The van der Waals surface area contributed by atoms with Crippen LogP contribution in [0.4, 0.5) is 0 Å². The molecule has 102 valence electrons. The molecule has 2 heteroatoms. The molecule has 0 saturated carbocycles. The molecule has 3 aromatic carbocycles. The number of hydrogen-bond acceptors (Lipinski definition) is 1. The Hall–Kier alpha value is -2.24. The van der Waals surface area contributed by atoms with Crippen LogP contribution in [0, 0.1) is 11.8 Å². The maximum Gasteiger partial charge on any atom is 0.119 e. The molecule has 0 aliphatic carbocycles. The van der Waals surface area contributed by atoms with Gasteiger partial charge >= 0.3 is 0 Å². The van der Waals surface area contributed by atoms with Crippen LogP contribution in [0.2, 0.25) is 0 Å². The average molecular weight is 337 g/mol. The van der Waals surface area contributed by atoms with Gasteiger partial charge in [0.15, 0.2) is 0 Å². The van der Waals surface area contributed by atoms with Crippen molar-refractivity contribution < 1.29 is 4.74 Å². The van der Waals surface area contributed by atoms with E-state index in [0.717, 1.165) is 32.1 Å². The fourth-order valence-electron chi connectivity index (χ4n) is 2.13. The van der Waals surface area contributed by atoms with Crippen molar-refractivity contribution in [1.29, 1.82) is 0 Å². The number of hydrogen-bond donors (Lipinski definition) is 0. The Morgan fingerprint density at radius 2 is 1.62 bits per heavy atom. The monoisotopic (exact) mass is 336 g/mol. The van der Waals surface area contributed by atoms with Gasteiger partial charge in [-0.15, -0.1) is 0 Å². The molecule has 3 rings (SSSR count). The summed E-state index contributed by atoms with van der Waals surface area (Å²) < 4.78 is 6.25. The van der Waals surface area contributed by atoms with Gasteiger partial charge in [-0.1, -0.05) is 36.1 Å². The summed E-state index contributed by atoms with van der Waals surface area (Å²) in [7, 11) is 1.68. The summed E-state index contributed by atoms with van der Waals surface area (Å²) in [6.07, 6.45) is 0. The van der Waals surface area contributed by atoms with E-state index in [1.807, 2.05) is 42.5 Å². The number of ether oxygens (including phenoxy) is 1. The first-order valence-corrected chi connectivity index (χ1v) is 7.40. The summed E-state index contributed by atoms with van der Waals surface area (Å²) in [5.74, 6) is 7.28. The molecule has 0 fully saturated rings. The first-order chi connectivity index (χ1) is 10.3. The second-order valence-electron chi connectivity index (χ2n) is 4.66. The molecule has 0 radical (unpaired) electrons. The molecule has 21 heavy (non-hydrogen) atoms. The van der Waals surface area contributed by atoms with Crippen LogP contribution in [0.3, 0.4) is 0 Å². The van der Waals surface area contributed by atoms with Crippen molar-refractivity contribution >= 4 is 26.7 Å². The van der Waals surface area contributed by atoms with Gasteiger partial charge in [0.2, 0.25) is 0 Å². The Morgan fingerprint density at radius 3 is 2.43 bits per heavy atom. The quantitative estimate of drug-likeness (QED) is 0.567. The predicted molar refractivity (Wildman–Crippen MR) is 90.6 cm³/mol. The number of rotatable bonds is 1. The average Bonchev–Trinajstić information content (AvgIpc) is 2.53. The molecule has 0 bridgehead atoms. The van der Waals surface area contributed by atoms with E-state index in [-0.39, 0.29) is 0 Å². The van der Waals surface area contributed by atoms with Crippen molar-refractivity contribution in [1.82, 2.24) is 0 Å². The molecule has 0 heterocycles. The van der Waals surface area contributed by atoms with E-state index in [9.17, 15) is 0 Å². The van der Waals surface area contributed by atoms with Gasteiger partial charge in [-0.05, 0) is 63.1 Å². The Morgan fingerprint density at radius 1 is 0.857 bits per heavy atom. The lowest BCUT2D eigenvalue weighted by atomic mass is 10.1. The van der Waals surface area contributed by atoms with E-state index in [1.54, 1.807) is 7.11 Å². The molecule has 3 aromatic rings. The highest BCUT2D eigenvalue weighted by Gasteiger charge is 1.98. The molecule has 0 aliphatic heterocycles. The Bertz CT molecular complexity index is 856. The van der Waals surface area contributed by atoms with Gasteiger partial charge in [0, 0.05) is 15.6 Å². The summed E-state index contributed by atoms with van der Waals surface area (Å²) in [5.41, 5.74) is 2.00. The fourth-order valence-corrected chi connectivity index (χ4v) is 2.51. The lowest BCUT2D eigenvalue weighted by molar-refractivity contribution is 0.415. The van der Waals surface area contributed by atoms with Crippen LogP contribution in [-0.2, 0) is 0 Å². The van der Waals surface area contributed by atoms with E-state index in [2.05, 4.69) is 46.0 Å². The Balaban J connectivity index is 1.97. The minimum atomic E-state index is 0.870. The third-order valence-corrected chi connectivity index (χ3v) is 3.95. The molecular formula is C19H13BrO. The number of halogens is 1. The molecule has 0 atom stereocenters. The van der Waals surface area contributed by atoms with Crippen LogP contribution in [0.25, 0.3) is 10.8 Å². The largest absolute Gasteiger partial charge is 0.497 e. The Labute approximate surface area is 132 Å². The fraction of sp³-hybridized carbons (Fsp3) is 0.0526. The van der Waals surface area contributed by atoms with E-state index >= 15 is 0 Å². The number of benzene rings is 3. The molecule has 1 nitrogen and oxygen atoms in total. The zero-order chi connectivity index (χ0) is 14.7. The van der Waals surface area contributed by atoms with Crippen LogP contribution < -0.4 is 4.74 Å². The van der Waals surface area contributed by atoms with Crippen LogP contribution in [0.15, 0.2) is 65.1 Å². The van der Waals surface area contributed by atoms with Crippen LogP contribution in [0.1, 0.15) is 11.1 Å². The summed E-state index contributed by atoms with van der Waals surface area (Å²) in [5, 5.41) is 2.32. The first-order valence-electron chi connectivity index (χ1n) is 6.60. The SMILES string of the molecule is COc1ccc2cc(C#Cc3ccccc3Br)ccc2c1. The maximum absolute atomic E-state index is 5.24. The van der Waals surface area contributed by atoms with Gasteiger partial charge in [-0.3, -0.25) is 0 Å². The predicted octanol–water partition coefficient (Wildman–Crippen LogP) is 5.01. The number of methoxy groups -OCH3 is 1. The highest BCUT2D eigenvalue weighted by Crippen LogP contribution is 2.21. The minimum absolute atomic E-state index is 0.870. The van der Waals surface area contributed by atoms with Crippen molar-refractivity contribution in [2.24, 2.45) is 0 Å². The third-order valence-electron chi connectivity index (χ3n) is 3.26. The smallest absolute Gasteiger partial charge is 0.119 e. The lowest BCUT2D eigenvalue weighted by Gasteiger charge is -2.02. The van der Waals surface area contributed by atoms with Gasteiger partial charge < -0.3 is 4.74 Å². The zero-order valence-electron chi connectivity index (χ0n) is 11.6. The molecule has 0 N–H and O–H groups in total. The van der Waals surface area contributed by atoms with E-state index < -0.39 is 0 Å². The van der Waals surface area contributed by atoms with Crippen LogP contribution >= 0.6 is 15.9 Å². The topological polar surface area (TPSA) is 9.23 Å². The highest BCUT2D eigenvalue weighted by atomic mass is 79.9. The van der Waals surface area contributed by atoms with Crippen molar-refractivity contribution in [3.63, 3.8) is 0 Å². The molecule has 0 unspecified atom stereocenters. The molecule has 0 aliphatic rings. The minimum Gasteiger partial charge on any atom is -0.497 e. The molecular weight excluding hydrogens is 324 g/mol. The van der Waals surface area contributed by atoms with Gasteiger partial charge in [-0.25, -0.2) is 0 Å². The first kappa shape index (κ1) is 13.7.